The minimum atomic E-state index is 0.230. The molecule has 0 heterocycles. The van der Waals surface area contributed by atoms with E-state index in [1.54, 1.807) is 0 Å². The number of methoxy groups -OCH3 is 1. The summed E-state index contributed by atoms with van der Waals surface area (Å²) in [6.45, 7) is 4.45. The molecule has 0 radical (unpaired) electrons. The van der Waals surface area contributed by atoms with E-state index in [0.29, 0.717) is 0 Å². The Morgan fingerprint density at radius 3 is 2.10 bits per heavy atom. The Morgan fingerprint density at radius 1 is 1.00 bits per heavy atom. The van der Waals surface area contributed by atoms with Gasteiger partial charge in [0.15, 0.2) is 0 Å². The average Bonchev–Trinajstić information content (AvgIpc) is 2.50. The molecule has 2 aliphatic carbocycles. The summed E-state index contributed by atoms with van der Waals surface area (Å²) < 4.78 is 5.89. The summed E-state index contributed by atoms with van der Waals surface area (Å²) in [5, 5.41) is 0. The largest absolute Gasteiger partial charge is 0.378 e. The van der Waals surface area contributed by atoms with Crippen molar-refractivity contribution in [2.45, 2.75) is 83.7 Å². The van der Waals surface area contributed by atoms with E-state index in [1.807, 2.05) is 7.11 Å². The van der Waals surface area contributed by atoms with Gasteiger partial charge in [-0.15, -0.1) is 0 Å². The zero-order valence-electron chi connectivity index (χ0n) is 13.9. The molecule has 116 valence electrons. The van der Waals surface area contributed by atoms with E-state index < -0.39 is 0 Å². The molecule has 20 heavy (non-hydrogen) atoms. The highest BCUT2D eigenvalue weighted by molar-refractivity contribution is 4.93. The molecular weight excluding hydrogens is 244 g/mol. The molecule has 0 aliphatic heterocycles. The van der Waals surface area contributed by atoms with E-state index in [-0.39, 0.29) is 5.60 Å². The molecule has 0 amide bonds. The fraction of sp³-hybridized carbons (Fsp3) is 0.895. The molecule has 0 aromatic rings. The zero-order valence-corrected chi connectivity index (χ0v) is 13.9. The molecule has 0 bridgehead atoms. The van der Waals surface area contributed by atoms with E-state index in [2.05, 4.69) is 26.0 Å². The quantitative estimate of drug-likeness (QED) is 0.582. The molecule has 0 unspecified atom stereocenters. The Morgan fingerprint density at radius 2 is 1.60 bits per heavy atom. The van der Waals surface area contributed by atoms with Crippen molar-refractivity contribution in [3.63, 3.8) is 0 Å². The van der Waals surface area contributed by atoms with Crippen LogP contribution < -0.4 is 0 Å². The zero-order chi connectivity index (χ0) is 14.4. The number of rotatable bonds is 5. The summed E-state index contributed by atoms with van der Waals surface area (Å²) in [6.07, 6.45) is 18.4. The molecule has 0 aromatic carbocycles. The number of ether oxygens (including phenoxy) is 1. The molecular formula is C19H34O. The second kappa shape index (κ2) is 7.64. The van der Waals surface area contributed by atoms with Crippen LogP contribution in [0.25, 0.3) is 0 Å². The van der Waals surface area contributed by atoms with Crippen molar-refractivity contribution < 1.29 is 4.74 Å². The maximum atomic E-state index is 5.89. The SMILES string of the molecule is C/C=C/C1CCC(C2CCC(CCC)(OC)CC2)CC1. The minimum absolute atomic E-state index is 0.230. The van der Waals surface area contributed by atoms with Gasteiger partial charge in [0.2, 0.25) is 0 Å². The third kappa shape index (κ3) is 3.87. The van der Waals surface area contributed by atoms with E-state index in [9.17, 15) is 0 Å². The number of allylic oxidation sites excluding steroid dienone is 2. The lowest BCUT2D eigenvalue weighted by Crippen LogP contribution is -2.38. The highest BCUT2D eigenvalue weighted by atomic mass is 16.5. The van der Waals surface area contributed by atoms with E-state index in [0.717, 1.165) is 17.8 Å². The van der Waals surface area contributed by atoms with Gasteiger partial charge in [0, 0.05) is 7.11 Å². The Kier molecular flexibility index (Phi) is 6.14. The van der Waals surface area contributed by atoms with Crippen LogP contribution in [0, 0.1) is 17.8 Å². The Balaban J connectivity index is 1.80. The van der Waals surface area contributed by atoms with Crippen molar-refractivity contribution in [2.24, 2.45) is 17.8 Å². The first kappa shape index (κ1) is 16.1. The van der Waals surface area contributed by atoms with Gasteiger partial charge < -0.3 is 4.74 Å². The molecule has 2 saturated carbocycles. The third-order valence-electron chi connectivity index (χ3n) is 6.03. The summed E-state index contributed by atoms with van der Waals surface area (Å²) in [5.74, 6) is 2.87. The van der Waals surface area contributed by atoms with Gasteiger partial charge in [-0.2, -0.15) is 0 Å². The van der Waals surface area contributed by atoms with Crippen LogP contribution in [-0.2, 0) is 4.74 Å². The van der Waals surface area contributed by atoms with Crippen LogP contribution in [0.15, 0.2) is 12.2 Å². The molecule has 2 fully saturated rings. The van der Waals surface area contributed by atoms with Crippen molar-refractivity contribution in [2.75, 3.05) is 7.11 Å². The molecule has 0 saturated heterocycles. The second-order valence-electron chi connectivity index (χ2n) is 7.18. The van der Waals surface area contributed by atoms with Crippen molar-refractivity contribution in [3.8, 4) is 0 Å². The molecule has 0 N–H and O–H groups in total. The van der Waals surface area contributed by atoms with Crippen LogP contribution >= 0.6 is 0 Å². The summed E-state index contributed by atoms with van der Waals surface area (Å²) >= 11 is 0. The molecule has 1 nitrogen and oxygen atoms in total. The predicted molar refractivity (Wildman–Crippen MR) is 86.9 cm³/mol. The van der Waals surface area contributed by atoms with Gasteiger partial charge in [-0.1, -0.05) is 25.5 Å². The average molecular weight is 278 g/mol. The van der Waals surface area contributed by atoms with E-state index in [4.69, 9.17) is 4.74 Å². The second-order valence-corrected chi connectivity index (χ2v) is 7.18. The van der Waals surface area contributed by atoms with Crippen molar-refractivity contribution in [1.82, 2.24) is 0 Å². The number of hydrogen-bond acceptors (Lipinski definition) is 1. The Bertz CT molecular complexity index is 291. The van der Waals surface area contributed by atoms with Crippen LogP contribution in [-0.4, -0.2) is 12.7 Å². The summed E-state index contributed by atoms with van der Waals surface area (Å²) in [4.78, 5) is 0. The van der Waals surface area contributed by atoms with Gasteiger partial charge in [0.05, 0.1) is 5.60 Å². The molecule has 2 aliphatic rings. The third-order valence-corrected chi connectivity index (χ3v) is 6.03. The van der Waals surface area contributed by atoms with Crippen LogP contribution in [0.5, 0.6) is 0 Å². The van der Waals surface area contributed by atoms with Crippen molar-refractivity contribution >= 4 is 0 Å². The highest BCUT2D eigenvalue weighted by Gasteiger charge is 2.37. The Labute approximate surface area is 126 Å². The van der Waals surface area contributed by atoms with Crippen LogP contribution in [0.2, 0.25) is 0 Å². The first-order valence-corrected chi connectivity index (χ1v) is 8.91. The Hall–Kier alpha value is -0.300. The lowest BCUT2D eigenvalue weighted by Gasteiger charge is -2.43. The highest BCUT2D eigenvalue weighted by Crippen LogP contribution is 2.44. The molecule has 1 heteroatoms. The fourth-order valence-corrected chi connectivity index (χ4v) is 4.73. The minimum Gasteiger partial charge on any atom is -0.378 e. The van der Waals surface area contributed by atoms with Gasteiger partial charge in [-0.05, 0) is 82.5 Å². The van der Waals surface area contributed by atoms with Crippen LogP contribution in [0.3, 0.4) is 0 Å². The molecule has 2 rings (SSSR count). The van der Waals surface area contributed by atoms with Crippen molar-refractivity contribution in [3.05, 3.63) is 12.2 Å². The first-order valence-electron chi connectivity index (χ1n) is 8.91. The maximum Gasteiger partial charge on any atom is 0.0678 e. The van der Waals surface area contributed by atoms with Crippen LogP contribution in [0.4, 0.5) is 0 Å². The summed E-state index contributed by atoms with van der Waals surface area (Å²) in [7, 11) is 1.93. The maximum absolute atomic E-state index is 5.89. The molecule has 0 aromatic heterocycles. The van der Waals surface area contributed by atoms with E-state index >= 15 is 0 Å². The van der Waals surface area contributed by atoms with Gasteiger partial charge in [0.1, 0.15) is 0 Å². The van der Waals surface area contributed by atoms with E-state index in [1.165, 1.54) is 64.2 Å². The monoisotopic (exact) mass is 278 g/mol. The predicted octanol–water partition coefficient (Wildman–Crippen LogP) is 5.74. The fourth-order valence-electron chi connectivity index (χ4n) is 4.73. The first-order chi connectivity index (χ1) is 9.73. The molecule has 0 atom stereocenters. The topological polar surface area (TPSA) is 9.23 Å². The standard InChI is InChI=1S/C19H34O/c1-4-6-16-7-9-17(10-8-16)18-11-14-19(20-3,13-5-2)15-12-18/h4,6,16-18H,5,7-15H2,1-3H3/b6-4+. The van der Waals surface area contributed by atoms with Crippen LogP contribution in [0.1, 0.15) is 78.1 Å². The van der Waals surface area contributed by atoms with Gasteiger partial charge in [-0.3, -0.25) is 0 Å². The summed E-state index contributed by atoms with van der Waals surface area (Å²) in [5.41, 5.74) is 0.230. The molecule has 0 spiro atoms. The van der Waals surface area contributed by atoms with Crippen molar-refractivity contribution in [1.29, 1.82) is 0 Å². The lowest BCUT2D eigenvalue weighted by molar-refractivity contribution is -0.0626. The van der Waals surface area contributed by atoms with Gasteiger partial charge in [0.25, 0.3) is 0 Å². The lowest BCUT2D eigenvalue weighted by atomic mass is 9.67. The summed E-state index contributed by atoms with van der Waals surface area (Å²) in [6, 6.07) is 0. The number of hydrogen-bond donors (Lipinski definition) is 0. The van der Waals surface area contributed by atoms with Gasteiger partial charge >= 0.3 is 0 Å². The normalized spacial score (nSPS) is 39.2. The smallest absolute Gasteiger partial charge is 0.0678 e. The van der Waals surface area contributed by atoms with Gasteiger partial charge in [-0.25, -0.2) is 0 Å².